The standard InChI is InChI=1S/C15H22N2OS/c1-3-16-15(18)11-17(4-2)10-13-9-12-7-5-6-8-14(12)19-13/h5-8,13H,3-4,9-11H2,1-2H3,(H,16,18). The number of fused-ring (bicyclic) bond motifs is 1. The summed E-state index contributed by atoms with van der Waals surface area (Å²) in [7, 11) is 0. The summed E-state index contributed by atoms with van der Waals surface area (Å²) < 4.78 is 0. The van der Waals surface area contributed by atoms with Gasteiger partial charge in [0.15, 0.2) is 0 Å². The Hall–Kier alpha value is -1.00. The highest BCUT2D eigenvalue weighted by molar-refractivity contribution is 8.00. The maximum Gasteiger partial charge on any atom is 0.234 e. The fourth-order valence-electron chi connectivity index (χ4n) is 2.41. The van der Waals surface area contributed by atoms with Crippen LogP contribution in [0.15, 0.2) is 29.2 Å². The molecule has 1 aliphatic rings. The molecule has 1 N–H and O–H groups in total. The third kappa shape index (κ3) is 3.98. The quantitative estimate of drug-likeness (QED) is 0.865. The van der Waals surface area contributed by atoms with Gasteiger partial charge in [-0.05, 0) is 31.5 Å². The SMILES string of the molecule is CCNC(=O)CN(CC)CC1Cc2ccccc2S1. The van der Waals surface area contributed by atoms with E-state index in [1.165, 1.54) is 10.5 Å². The van der Waals surface area contributed by atoms with Crippen LogP contribution in [0.1, 0.15) is 19.4 Å². The highest BCUT2D eigenvalue weighted by Crippen LogP contribution is 2.36. The van der Waals surface area contributed by atoms with E-state index in [1.807, 2.05) is 18.7 Å². The number of hydrogen-bond acceptors (Lipinski definition) is 3. The first-order chi connectivity index (χ1) is 9.22. The molecular weight excluding hydrogens is 256 g/mol. The highest BCUT2D eigenvalue weighted by atomic mass is 32.2. The van der Waals surface area contributed by atoms with E-state index in [-0.39, 0.29) is 5.91 Å². The molecule has 1 aromatic rings. The predicted octanol–water partition coefficient (Wildman–Crippen LogP) is 2.16. The first-order valence-corrected chi connectivity index (χ1v) is 7.84. The van der Waals surface area contributed by atoms with Gasteiger partial charge in [-0.25, -0.2) is 0 Å². The fraction of sp³-hybridized carbons (Fsp3) is 0.533. The van der Waals surface area contributed by atoms with Crippen molar-refractivity contribution in [2.75, 3.05) is 26.2 Å². The van der Waals surface area contributed by atoms with E-state index in [1.54, 1.807) is 0 Å². The topological polar surface area (TPSA) is 32.3 Å². The fourth-order valence-corrected chi connectivity index (χ4v) is 3.77. The van der Waals surface area contributed by atoms with Crippen LogP contribution in [0.3, 0.4) is 0 Å². The van der Waals surface area contributed by atoms with Crippen molar-refractivity contribution in [1.82, 2.24) is 10.2 Å². The van der Waals surface area contributed by atoms with Gasteiger partial charge in [0.1, 0.15) is 0 Å². The molecule has 1 unspecified atom stereocenters. The summed E-state index contributed by atoms with van der Waals surface area (Å²) in [4.78, 5) is 15.3. The average molecular weight is 278 g/mol. The van der Waals surface area contributed by atoms with Crippen molar-refractivity contribution in [2.45, 2.75) is 30.4 Å². The van der Waals surface area contributed by atoms with Crippen LogP contribution in [0.2, 0.25) is 0 Å². The van der Waals surface area contributed by atoms with Crippen LogP contribution in [0.4, 0.5) is 0 Å². The number of hydrogen-bond donors (Lipinski definition) is 1. The summed E-state index contributed by atoms with van der Waals surface area (Å²) >= 11 is 1.95. The largest absolute Gasteiger partial charge is 0.355 e. The van der Waals surface area contributed by atoms with Crippen molar-refractivity contribution in [3.63, 3.8) is 0 Å². The molecule has 2 rings (SSSR count). The molecular formula is C15H22N2OS. The predicted molar refractivity (Wildman–Crippen MR) is 80.6 cm³/mol. The second-order valence-electron chi connectivity index (χ2n) is 4.83. The Bertz CT molecular complexity index is 411. The summed E-state index contributed by atoms with van der Waals surface area (Å²) in [6.45, 7) is 7.19. The van der Waals surface area contributed by atoms with Crippen LogP contribution < -0.4 is 5.32 Å². The van der Waals surface area contributed by atoms with Crippen LogP contribution in [-0.4, -0.2) is 42.2 Å². The van der Waals surface area contributed by atoms with Gasteiger partial charge in [-0.3, -0.25) is 9.69 Å². The van der Waals surface area contributed by atoms with Crippen LogP contribution >= 0.6 is 11.8 Å². The molecule has 0 aromatic heterocycles. The maximum atomic E-state index is 11.6. The second-order valence-corrected chi connectivity index (χ2v) is 6.18. The highest BCUT2D eigenvalue weighted by Gasteiger charge is 2.24. The molecule has 1 heterocycles. The van der Waals surface area contributed by atoms with Gasteiger partial charge in [0.2, 0.25) is 5.91 Å². The molecule has 19 heavy (non-hydrogen) atoms. The van der Waals surface area contributed by atoms with E-state index in [2.05, 4.69) is 41.4 Å². The van der Waals surface area contributed by atoms with Gasteiger partial charge in [0.25, 0.3) is 0 Å². The lowest BCUT2D eigenvalue weighted by atomic mass is 10.1. The Morgan fingerprint density at radius 2 is 2.21 bits per heavy atom. The Balaban J connectivity index is 1.86. The normalized spacial score (nSPS) is 17.5. The summed E-state index contributed by atoms with van der Waals surface area (Å²) in [6, 6.07) is 8.61. The van der Waals surface area contributed by atoms with Crippen LogP contribution in [0.25, 0.3) is 0 Å². The zero-order chi connectivity index (χ0) is 13.7. The van der Waals surface area contributed by atoms with E-state index in [9.17, 15) is 4.79 Å². The summed E-state index contributed by atoms with van der Waals surface area (Å²) in [5.74, 6) is 0.130. The number of rotatable bonds is 6. The second kappa shape index (κ2) is 6.96. The van der Waals surface area contributed by atoms with E-state index in [0.29, 0.717) is 18.3 Å². The Morgan fingerprint density at radius 3 is 2.89 bits per heavy atom. The molecule has 1 amide bonds. The Labute approximate surface area is 119 Å². The van der Waals surface area contributed by atoms with E-state index in [0.717, 1.165) is 19.5 Å². The smallest absolute Gasteiger partial charge is 0.234 e. The lowest BCUT2D eigenvalue weighted by Gasteiger charge is -2.22. The zero-order valence-corrected chi connectivity index (χ0v) is 12.5. The molecule has 1 aromatic carbocycles. The average Bonchev–Trinajstić information content (AvgIpc) is 2.80. The summed E-state index contributed by atoms with van der Waals surface area (Å²) in [5, 5.41) is 3.44. The molecule has 0 saturated carbocycles. The first kappa shape index (κ1) is 14.4. The number of likely N-dealkylation sites (N-methyl/N-ethyl adjacent to an activating group) is 2. The molecule has 0 saturated heterocycles. The van der Waals surface area contributed by atoms with Gasteiger partial charge in [-0.2, -0.15) is 0 Å². The summed E-state index contributed by atoms with van der Waals surface area (Å²) in [6.07, 6.45) is 1.12. The molecule has 0 radical (unpaired) electrons. The monoisotopic (exact) mass is 278 g/mol. The van der Waals surface area contributed by atoms with Gasteiger partial charge in [-0.15, -0.1) is 11.8 Å². The molecule has 3 nitrogen and oxygen atoms in total. The van der Waals surface area contributed by atoms with Crippen molar-refractivity contribution in [2.24, 2.45) is 0 Å². The number of benzene rings is 1. The van der Waals surface area contributed by atoms with Gasteiger partial charge in [0.05, 0.1) is 6.54 Å². The minimum Gasteiger partial charge on any atom is -0.355 e. The van der Waals surface area contributed by atoms with Gasteiger partial charge in [-0.1, -0.05) is 25.1 Å². The van der Waals surface area contributed by atoms with E-state index < -0.39 is 0 Å². The van der Waals surface area contributed by atoms with Crippen molar-refractivity contribution < 1.29 is 4.79 Å². The van der Waals surface area contributed by atoms with Gasteiger partial charge < -0.3 is 5.32 Å². The third-order valence-electron chi connectivity index (χ3n) is 3.36. The molecule has 0 aliphatic carbocycles. The van der Waals surface area contributed by atoms with Crippen molar-refractivity contribution in [3.8, 4) is 0 Å². The first-order valence-electron chi connectivity index (χ1n) is 6.96. The number of nitrogens with zero attached hydrogens (tertiary/aromatic N) is 1. The lowest BCUT2D eigenvalue weighted by Crippen LogP contribution is -2.40. The Morgan fingerprint density at radius 1 is 1.42 bits per heavy atom. The van der Waals surface area contributed by atoms with E-state index >= 15 is 0 Å². The van der Waals surface area contributed by atoms with Crippen LogP contribution in [0, 0.1) is 0 Å². The molecule has 0 spiro atoms. The van der Waals surface area contributed by atoms with Crippen molar-refractivity contribution >= 4 is 17.7 Å². The zero-order valence-electron chi connectivity index (χ0n) is 11.7. The van der Waals surface area contributed by atoms with E-state index in [4.69, 9.17) is 0 Å². The Kier molecular flexibility index (Phi) is 5.28. The number of nitrogens with one attached hydrogen (secondary N) is 1. The number of thioether (sulfide) groups is 1. The minimum atomic E-state index is 0.130. The van der Waals surface area contributed by atoms with Crippen LogP contribution in [-0.2, 0) is 11.2 Å². The number of carbonyl (C=O) groups excluding carboxylic acids is 1. The number of amides is 1. The van der Waals surface area contributed by atoms with Crippen molar-refractivity contribution in [1.29, 1.82) is 0 Å². The third-order valence-corrected chi connectivity index (χ3v) is 4.67. The van der Waals surface area contributed by atoms with Crippen molar-refractivity contribution in [3.05, 3.63) is 29.8 Å². The van der Waals surface area contributed by atoms with Gasteiger partial charge in [0, 0.05) is 23.2 Å². The molecule has 0 bridgehead atoms. The van der Waals surface area contributed by atoms with Crippen LogP contribution in [0.5, 0.6) is 0 Å². The molecule has 1 aliphatic heterocycles. The van der Waals surface area contributed by atoms with Gasteiger partial charge >= 0.3 is 0 Å². The maximum absolute atomic E-state index is 11.6. The number of carbonyl (C=O) groups is 1. The molecule has 0 fully saturated rings. The molecule has 4 heteroatoms. The lowest BCUT2D eigenvalue weighted by molar-refractivity contribution is -0.122. The molecule has 104 valence electrons. The summed E-state index contributed by atoms with van der Waals surface area (Å²) in [5.41, 5.74) is 1.45. The molecule has 1 atom stereocenters. The minimum absolute atomic E-state index is 0.130.